The number of hydrogen-bond acceptors (Lipinski definition) is 3. The molecular formula is C19H20BrNO3. The number of carbonyl (C=O) groups excluding carboxylic acids is 1. The van der Waals surface area contributed by atoms with Crippen LogP contribution in [0.2, 0.25) is 0 Å². The Morgan fingerprint density at radius 1 is 1.12 bits per heavy atom. The van der Waals surface area contributed by atoms with Crippen LogP contribution in [-0.2, 0) is 6.42 Å². The van der Waals surface area contributed by atoms with E-state index in [4.69, 9.17) is 9.47 Å². The van der Waals surface area contributed by atoms with Crippen molar-refractivity contribution in [3.05, 3.63) is 57.6 Å². The van der Waals surface area contributed by atoms with Gasteiger partial charge >= 0.3 is 0 Å². The summed E-state index contributed by atoms with van der Waals surface area (Å²) in [6.07, 6.45) is 0.808. The van der Waals surface area contributed by atoms with Crippen molar-refractivity contribution in [1.82, 2.24) is 4.90 Å². The maximum Gasteiger partial charge on any atom is 0.254 e. The highest BCUT2D eigenvalue weighted by molar-refractivity contribution is 9.10. The van der Waals surface area contributed by atoms with E-state index in [2.05, 4.69) is 22.9 Å². The van der Waals surface area contributed by atoms with Crippen molar-refractivity contribution in [3.8, 4) is 11.5 Å². The number of carbonyl (C=O) groups is 1. The van der Waals surface area contributed by atoms with Crippen molar-refractivity contribution in [1.29, 1.82) is 0 Å². The van der Waals surface area contributed by atoms with Crippen molar-refractivity contribution in [2.75, 3.05) is 20.8 Å². The summed E-state index contributed by atoms with van der Waals surface area (Å²) < 4.78 is 11.8. The molecule has 1 heterocycles. The molecule has 2 aromatic rings. The van der Waals surface area contributed by atoms with Crippen LogP contribution in [0.4, 0.5) is 0 Å². The topological polar surface area (TPSA) is 38.8 Å². The lowest BCUT2D eigenvalue weighted by molar-refractivity contribution is 0.0677. The summed E-state index contributed by atoms with van der Waals surface area (Å²) in [7, 11) is 3.27. The summed E-state index contributed by atoms with van der Waals surface area (Å²) in [5, 5.41) is 0. The molecule has 0 saturated carbocycles. The lowest BCUT2D eigenvalue weighted by Gasteiger charge is -2.36. The van der Waals surface area contributed by atoms with E-state index in [1.807, 2.05) is 41.3 Å². The number of ether oxygens (including phenoxy) is 2. The maximum atomic E-state index is 12.9. The van der Waals surface area contributed by atoms with Gasteiger partial charge in [-0.15, -0.1) is 0 Å². The molecule has 0 fully saturated rings. The average Bonchev–Trinajstić information content (AvgIpc) is 2.61. The minimum atomic E-state index is -0.00953. The monoisotopic (exact) mass is 389 g/mol. The largest absolute Gasteiger partial charge is 0.493 e. The minimum Gasteiger partial charge on any atom is -0.493 e. The fourth-order valence-electron chi connectivity index (χ4n) is 3.18. The molecule has 0 N–H and O–H groups in total. The number of hydrogen-bond donors (Lipinski definition) is 0. The Hall–Kier alpha value is -2.01. The molecule has 1 aliphatic rings. The van der Waals surface area contributed by atoms with Crippen LogP contribution in [0, 0.1) is 0 Å². The molecule has 0 aliphatic carbocycles. The molecule has 2 aromatic carbocycles. The van der Waals surface area contributed by atoms with Gasteiger partial charge in [0.15, 0.2) is 11.5 Å². The molecule has 0 aromatic heterocycles. The SMILES string of the molecule is COc1cc2c(cc1OC)[C@H](C)N(C(=O)c1ccc(Br)cc1)CC2. The van der Waals surface area contributed by atoms with Crippen molar-refractivity contribution < 1.29 is 14.3 Å². The molecule has 0 radical (unpaired) electrons. The second-order valence-electron chi connectivity index (χ2n) is 5.84. The highest BCUT2D eigenvalue weighted by Crippen LogP contribution is 2.38. The Morgan fingerprint density at radius 2 is 1.75 bits per heavy atom. The van der Waals surface area contributed by atoms with Crippen LogP contribution >= 0.6 is 15.9 Å². The predicted octanol–water partition coefficient (Wildman–Crippen LogP) is 4.23. The fourth-order valence-corrected chi connectivity index (χ4v) is 3.44. The van der Waals surface area contributed by atoms with E-state index in [0.29, 0.717) is 17.9 Å². The zero-order valence-electron chi connectivity index (χ0n) is 14.0. The van der Waals surface area contributed by atoms with E-state index < -0.39 is 0 Å². The van der Waals surface area contributed by atoms with Gasteiger partial charge < -0.3 is 14.4 Å². The number of benzene rings is 2. The molecule has 0 spiro atoms. The van der Waals surface area contributed by atoms with Crippen molar-refractivity contribution in [3.63, 3.8) is 0 Å². The standard InChI is InChI=1S/C19H20BrNO3/c1-12-16-11-18(24-3)17(23-2)10-14(16)8-9-21(12)19(22)13-4-6-15(20)7-5-13/h4-7,10-12H,8-9H2,1-3H3/t12-/m0/s1. The van der Waals surface area contributed by atoms with Gasteiger partial charge in [0, 0.05) is 16.6 Å². The van der Waals surface area contributed by atoms with Crippen LogP contribution in [0.3, 0.4) is 0 Å². The normalized spacial score (nSPS) is 16.5. The van der Waals surface area contributed by atoms with Gasteiger partial charge in [0.25, 0.3) is 5.91 Å². The summed E-state index contributed by atoms with van der Waals surface area (Å²) >= 11 is 3.40. The van der Waals surface area contributed by atoms with Crippen molar-refractivity contribution >= 4 is 21.8 Å². The van der Waals surface area contributed by atoms with Crippen LogP contribution < -0.4 is 9.47 Å². The van der Waals surface area contributed by atoms with Crippen molar-refractivity contribution in [2.24, 2.45) is 0 Å². The molecule has 4 nitrogen and oxygen atoms in total. The summed E-state index contributed by atoms with van der Waals surface area (Å²) in [6, 6.07) is 11.5. The lowest BCUT2D eigenvalue weighted by Crippen LogP contribution is -2.38. The van der Waals surface area contributed by atoms with Gasteiger partial charge in [0.2, 0.25) is 0 Å². The zero-order valence-corrected chi connectivity index (χ0v) is 15.6. The predicted molar refractivity (Wildman–Crippen MR) is 96.8 cm³/mol. The Balaban J connectivity index is 1.92. The van der Waals surface area contributed by atoms with Crippen LogP contribution in [0.5, 0.6) is 11.5 Å². The van der Waals surface area contributed by atoms with Gasteiger partial charge in [-0.3, -0.25) is 4.79 Å². The van der Waals surface area contributed by atoms with Crippen LogP contribution in [0.1, 0.15) is 34.5 Å². The van der Waals surface area contributed by atoms with E-state index in [-0.39, 0.29) is 11.9 Å². The molecule has 1 amide bonds. The Bertz CT molecular complexity index is 758. The van der Waals surface area contributed by atoms with Gasteiger partial charge in [0.05, 0.1) is 20.3 Å². The van der Waals surface area contributed by atoms with Gasteiger partial charge in [-0.2, -0.15) is 0 Å². The fraction of sp³-hybridized carbons (Fsp3) is 0.316. The number of rotatable bonds is 3. The molecule has 1 aliphatic heterocycles. The number of methoxy groups -OCH3 is 2. The molecule has 0 bridgehead atoms. The van der Waals surface area contributed by atoms with Gasteiger partial charge in [0.1, 0.15) is 0 Å². The first-order chi connectivity index (χ1) is 11.5. The third-order valence-electron chi connectivity index (χ3n) is 4.54. The van der Waals surface area contributed by atoms with Gasteiger partial charge in [-0.1, -0.05) is 15.9 Å². The third kappa shape index (κ3) is 3.00. The Kier molecular flexibility index (Phi) is 4.81. The molecule has 24 heavy (non-hydrogen) atoms. The Labute approximate surface area is 150 Å². The van der Waals surface area contributed by atoms with Crippen LogP contribution in [0.25, 0.3) is 0 Å². The zero-order chi connectivity index (χ0) is 17.3. The molecule has 3 rings (SSSR count). The second kappa shape index (κ2) is 6.85. The molecule has 0 saturated heterocycles. The van der Waals surface area contributed by atoms with Crippen molar-refractivity contribution in [2.45, 2.75) is 19.4 Å². The Morgan fingerprint density at radius 3 is 2.38 bits per heavy atom. The summed E-state index contributed by atoms with van der Waals surface area (Å²) in [5.74, 6) is 1.48. The van der Waals surface area contributed by atoms with E-state index in [0.717, 1.165) is 22.2 Å². The minimum absolute atomic E-state index is 0.00953. The van der Waals surface area contributed by atoms with E-state index in [9.17, 15) is 4.79 Å². The number of halogens is 1. The van der Waals surface area contributed by atoms with Gasteiger partial charge in [-0.05, 0) is 60.9 Å². The highest BCUT2D eigenvalue weighted by atomic mass is 79.9. The number of fused-ring (bicyclic) bond motifs is 1. The molecule has 1 atom stereocenters. The average molecular weight is 390 g/mol. The summed E-state index contributed by atoms with van der Waals surface area (Å²) in [6.45, 7) is 2.75. The number of amides is 1. The van der Waals surface area contributed by atoms with Crippen LogP contribution in [0.15, 0.2) is 40.9 Å². The molecular weight excluding hydrogens is 370 g/mol. The smallest absolute Gasteiger partial charge is 0.254 e. The summed E-state index contributed by atoms with van der Waals surface area (Å²) in [5.41, 5.74) is 3.03. The second-order valence-corrected chi connectivity index (χ2v) is 6.75. The van der Waals surface area contributed by atoms with E-state index in [1.54, 1.807) is 14.2 Å². The summed E-state index contributed by atoms with van der Waals surface area (Å²) in [4.78, 5) is 14.8. The molecule has 5 heteroatoms. The number of nitrogens with zero attached hydrogens (tertiary/aromatic N) is 1. The van der Waals surface area contributed by atoms with E-state index >= 15 is 0 Å². The maximum absolute atomic E-state index is 12.9. The highest BCUT2D eigenvalue weighted by Gasteiger charge is 2.29. The molecule has 0 unspecified atom stereocenters. The quantitative estimate of drug-likeness (QED) is 0.788. The van der Waals surface area contributed by atoms with E-state index in [1.165, 1.54) is 5.56 Å². The van der Waals surface area contributed by atoms with Gasteiger partial charge in [-0.25, -0.2) is 0 Å². The first kappa shape index (κ1) is 16.8. The first-order valence-corrected chi connectivity index (χ1v) is 8.65. The first-order valence-electron chi connectivity index (χ1n) is 7.86. The molecule has 126 valence electrons. The third-order valence-corrected chi connectivity index (χ3v) is 5.07. The lowest BCUT2D eigenvalue weighted by atomic mass is 9.92. The van der Waals surface area contributed by atoms with Crippen LogP contribution in [-0.4, -0.2) is 31.6 Å².